The number of anilines is 1. The molecule has 0 spiro atoms. The minimum atomic E-state index is -0.277. The van der Waals surface area contributed by atoms with Crippen LogP contribution in [0.4, 0.5) is 5.69 Å². The predicted octanol–water partition coefficient (Wildman–Crippen LogP) is 3.60. The molecule has 31 heavy (non-hydrogen) atoms. The lowest BCUT2D eigenvalue weighted by Gasteiger charge is -2.10. The molecular formula is C24H21N3O4. The Bertz CT molecular complexity index is 1270. The van der Waals surface area contributed by atoms with E-state index in [9.17, 15) is 9.59 Å². The topological polar surface area (TPSA) is 81.9 Å². The van der Waals surface area contributed by atoms with Crippen LogP contribution in [0.5, 0.6) is 11.5 Å². The maximum atomic E-state index is 12.3. The van der Waals surface area contributed by atoms with E-state index in [0.717, 1.165) is 5.56 Å². The Labute approximate surface area is 178 Å². The average molecular weight is 415 g/mol. The number of aryl methyl sites for hydroxylation is 1. The highest BCUT2D eigenvalue weighted by molar-refractivity contribution is 5.92. The number of para-hydroxylation sites is 1. The average Bonchev–Trinajstić information content (AvgIpc) is 2.78. The van der Waals surface area contributed by atoms with Crippen molar-refractivity contribution < 1.29 is 14.3 Å². The fraction of sp³-hybridized carbons (Fsp3) is 0.125. The first-order chi connectivity index (χ1) is 15.1. The number of amides is 1. The summed E-state index contributed by atoms with van der Waals surface area (Å²) in [4.78, 5) is 28.9. The molecule has 1 amide bonds. The molecule has 156 valence electrons. The molecule has 0 aliphatic rings. The Morgan fingerprint density at radius 3 is 2.61 bits per heavy atom. The fourth-order valence-corrected chi connectivity index (χ4v) is 3.02. The van der Waals surface area contributed by atoms with Crippen molar-refractivity contribution in [3.05, 3.63) is 101 Å². The predicted molar refractivity (Wildman–Crippen MR) is 118 cm³/mol. The Morgan fingerprint density at radius 2 is 1.77 bits per heavy atom. The lowest BCUT2D eigenvalue weighted by Crippen LogP contribution is -2.20. The van der Waals surface area contributed by atoms with Gasteiger partial charge >= 0.3 is 0 Å². The van der Waals surface area contributed by atoms with E-state index in [0.29, 0.717) is 28.5 Å². The van der Waals surface area contributed by atoms with Crippen LogP contribution in [-0.4, -0.2) is 21.9 Å². The monoisotopic (exact) mass is 415 g/mol. The number of fused-ring (bicyclic) bond motifs is 1. The zero-order chi connectivity index (χ0) is 21.6. The van der Waals surface area contributed by atoms with Crippen LogP contribution in [0, 0.1) is 6.92 Å². The standard InChI is InChI=1S/C24H21N3O4/c1-17-10-11-22-25-19(13-24(29)27(22)14-17)15-30-21-9-5-6-18(12-21)26-23(28)16-31-20-7-3-2-4-8-20/h2-14H,15-16H2,1H3,(H,26,28). The van der Waals surface area contributed by atoms with Gasteiger partial charge in [-0.3, -0.25) is 14.0 Å². The van der Waals surface area contributed by atoms with Gasteiger partial charge in [-0.15, -0.1) is 0 Å². The van der Waals surface area contributed by atoms with Crippen molar-refractivity contribution in [2.24, 2.45) is 0 Å². The molecule has 0 aliphatic carbocycles. The third-order valence-electron chi connectivity index (χ3n) is 4.48. The van der Waals surface area contributed by atoms with Gasteiger partial charge in [0.2, 0.25) is 0 Å². The number of ether oxygens (including phenoxy) is 2. The number of hydrogen-bond acceptors (Lipinski definition) is 5. The lowest BCUT2D eigenvalue weighted by molar-refractivity contribution is -0.118. The second-order valence-corrected chi connectivity index (χ2v) is 6.99. The number of rotatable bonds is 7. The van der Waals surface area contributed by atoms with E-state index >= 15 is 0 Å². The van der Waals surface area contributed by atoms with Gasteiger partial charge in [-0.2, -0.15) is 0 Å². The van der Waals surface area contributed by atoms with Crippen molar-refractivity contribution in [2.45, 2.75) is 13.5 Å². The van der Waals surface area contributed by atoms with E-state index in [2.05, 4.69) is 10.3 Å². The maximum Gasteiger partial charge on any atom is 0.262 e. The highest BCUT2D eigenvalue weighted by Gasteiger charge is 2.07. The van der Waals surface area contributed by atoms with Crippen molar-refractivity contribution in [3.63, 3.8) is 0 Å². The van der Waals surface area contributed by atoms with Crippen molar-refractivity contribution in [3.8, 4) is 11.5 Å². The van der Waals surface area contributed by atoms with Crippen molar-refractivity contribution in [2.75, 3.05) is 11.9 Å². The summed E-state index contributed by atoms with van der Waals surface area (Å²) in [6.45, 7) is 1.95. The molecule has 2 aromatic heterocycles. The van der Waals surface area contributed by atoms with Gasteiger partial charge in [0.15, 0.2) is 6.61 Å². The van der Waals surface area contributed by atoms with Crippen LogP contribution in [-0.2, 0) is 11.4 Å². The van der Waals surface area contributed by atoms with Gasteiger partial charge in [-0.05, 0) is 42.8 Å². The summed E-state index contributed by atoms with van der Waals surface area (Å²) >= 11 is 0. The molecule has 0 saturated carbocycles. The highest BCUT2D eigenvalue weighted by atomic mass is 16.5. The first-order valence-electron chi connectivity index (χ1n) is 9.76. The summed E-state index contributed by atoms with van der Waals surface area (Å²) in [6, 6.07) is 21.3. The smallest absolute Gasteiger partial charge is 0.262 e. The molecule has 0 unspecified atom stereocenters. The minimum absolute atomic E-state index is 0.0977. The van der Waals surface area contributed by atoms with Gasteiger partial charge in [0.05, 0.1) is 5.69 Å². The third kappa shape index (κ3) is 5.27. The number of aromatic nitrogens is 2. The van der Waals surface area contributed by atoms with Gasteiger partial charge in [0.25, 0.3) is 11.5 Å². The van der Waals surface area contributed by atoms with Gasteiger partial charge in [-0.1, -0.05) is 30.3 Å². The van der Waals surface area contributed by atoms with E-state index in [-0.39, 0.29) is 24.7 Å². The van der Waals surface area contributed by atoms with Crippen LogP contribution in [0.3, 0.4) is 0 Å². The lowest BCUT2D eigenvalue weighted by atomic mass is 10.3. The quantitative estimate of drug-likeness (QED) is 0.499. The number of benzene rings is 2. The van der Waals surface area contributed by atoms with Crippen molar-refractivity contribution >= 4 is 17.2 Å². The minimum Gasteiger partial charge on any atom is -0.487 e. The molecule has 0 aliphatic heterocycles. The second kappa shape index (κ2) is 9.13. The molecule has 2 heterocycles. The normalized spacial score (nSPS) is 10.6. The fourth-order valence-electron chi connectivity index (χ4n) is 3.02. The van der Waals surface area contributed by atoms with Crippen LogP contribution >= 0.6 is 0 Å². The zero-order valence-corrected chi connectivity index (χ0v) is 16.9. The number of nitrogens with one attached hydrogen (secondary N) is 1. The number of carbonyl (C=O) groups is 1. The molecule has 4 rings (SSSR count). The Kier molecular flexibility index (Phi) is 5.93. The Balaban J connectivity index is 1.37. The van der Waals surface area contributed by atoms with Crippen LogP contribution < -0.4 is 20.3 Å². The van der Waals surface area contributed by atoms with Crippen LogP contribution in [0.25, 0.3) is 5.65 Å². The third-order valence-corrected chi connectivity index (χ3v) is 4.48. The van der Waals surface area contributed by atoms with Gasteiger partial charge in [0, 0.05) is 24.0 Å². The highest BCUT2D eigenvalue weighted by Crippen LogP contribution is 2.18. The number of carbonyl (C=O) groups excluding carboxylic acids is 1. The summed E-state index contributed by atoms with van der Waals surface area (Å²) in [5, 5.41) is 2.78. The van der Waals surface area contributed by atoms with Gasteiger partial charge in [0.1, 0.15) is 23.8 Å². The molecule has 0 atom stereocenters. The van der Waals surface area contributed by atoms with Gasteiger partial charge in [-0.25, -0.2) is 4.98 Å². The van der Waals surface area contributed by atoms with E-state index in [4.69, 9.17) is 9.47 Å². The summed E-state index contributed by atoms with van der Waals surface area (Å²) in [7, 11) is 0. The number of hydrogen-bond donors (Lipinski definition) is 1. The maximum absolute atomic E-state index is 12.3. The number of pyridine rings is 1. The summed E-state index contributed by atoms with van der Waals surface area (Å²) in [5.41, 5.74) is 2.50. The second-order valence-electron chi connectivity index (χ2n) is 6.99. The van der Waals surface area contributed by atoms with Gasteiger partial charge < -0.3 is 14.8 Å². The van der Waals surface area contributed by atoms with Crippen molar-refractivity contribution in [1.29, 1.82) is 0 Å². The SMILES string of the molecule is Cc1ccc2nc(COc3cccc(NC(=O)COc4ccccc4)c3)cc(=O)n2c1. The Hall–Kier alpha value is -4.13. The van der Waals surface area contributed by atoms with Crippen LogP contribution in [0.1, 0.15) is 11.3 Å². The Morgan fingerprint density at radius 1 is 0.968 bits per heavy atom. The van der Waals surface area contributed by atoms with E-state index in [1.807, 2.05) is 31.2 Å². The van der Waals surface area contributed by atoms with Crippen LogP contribution in [0.15, 0.2) is 83.8 Å². The molecule has 0 radical (unpaired) electrons. The summed E-state index contributed by atoms with van der Waals surface area (Å²) in [6.07, 6.45) is 1.75. The van der Waals surface area contributed by atoms with E-state index in [1.54, 1.807) is 48.7 Å². The molecular weight excluding hydrogens is 394 g/mol. The zero-order valence-electron chi connectivity index (χ0n) is 16.9. The summed E-state index contributed by atoms with van der Waals surface area (Å²) < 4.78 is 12.7. The molecule has 0 fully saturated rings. The molecule has 7 heteroatoms. The van der Waals surface area contributed by atoms with Crippen LogP contribution in [0.2, 0.25) is 0 Å². The number of nitrogens with zero attached hydrogens (tertiary/aromatic N) is 2. The molecule has 1 N–H and O–H groups in total. The summed E-state index contributed by atoms with van der Waals surface area (Å²) in [5.74, 6) is 0.900. The van der Waals surface area contributed by atoms with E-state index in [1.165, 1.54) is 10.5 Å². The molecule has 2 aromatic carbocycles. The first-order valence-corrected chi connectivity index (χ1v) is 9.76. The molecule has 4 aromatic rings. The van der Waals surface area contributed by atoms with E-state index < -0.39 is 0 Å². The molecule has 0 bridgehead atoms. The largest absolute Gasteiger partial charge is 0.487 e. The first kappa shape index (κ1) is 20.2. The molecule has 0 saturated heterocycles. The molecule has 7 nitrogen and oxygen atoms in total. The van der Waals surface area contributed by atoms with Crippen molar-refractivity contribution in [1.82, 2.24) is 9.38 Å².